The molecule has 0 saturated carbocycles. The lowest BCUT2D eigenvalue weighted by Gasteiger charge is -2.38. The summed E-state index contributed by atoms with van der Waals surface area (Å²) in [6, 6.07) is 10.8. The number of fused-ring (bicyclic) bond motifs is 4. The normalized spacial score (nSPS) is 21.3. The average molecular weight is 372 g/mol. The molecule has 2 heterocycles. The van der Waals surface area contributed by atoms with Gasteiger partial charge < -0.3 is 9.88 Å². The van der Waals surface area contributed by atoms with Crippen LogP contribution < -0.4 is 0 Å². The molecule has 5 heteroatoms. The van der Waals surface area contributed by atoms with Crippen molar-refractivity contribution in [1.29, 1.82) is 0 Å². The van der Waals surface area contributed by atoms with Gasteiger partial charge in [0.2, 0.25) is 0 Å². The molecular weight excluding hydrogens is 348 g/mol. The predicted molar refractivity (Wildman–Crippen MR) is 111 cm³/mol. The maximum Gasteiger partial charge on any atom is 0.254 e. The second-order valence-corrected chi connectivity index (χ2v) is 7.96. The molecule has 2 atom stereocenters. The number of likely N-dealkylation sites (tertiary alicyclic amines) is 1. The van der Waals surface area contributed by atoms with Crippen molar-refractivity contribution in [3.05, 3.63) is 64.5 Å². The Morgan fingerprint density at radius 2 is 2.21 bits per heavy atom. The molecule has 5 rings (SSSR count). The Bertz CT molecular complexity index is 1100. The molecule has 2 aromatic carbocycles. The number of carbonyl (C=O) groups excluding carboxylic acids is 1. The maximum absolute atomic E-state index is 13.5. The van der Waals surface area contributed by atoms with Gasteiger partial charge in [0.1, 0.15) is 0 Å². The third-order valence-corrected chi connectivity index (χ3v) is 6.28. The minimum Gasteiger partial charge on any atom is -0.345 e. The number of amides is 1. The summed E-state index contributed by atoms with van der Waals surface area (Å²) in [5, 5.41) is 0. The zero-order valence-corrected chi connectivity index (χ0v) is 16.3. The highest BCUT2D eigenvalue weighted by Gasteiger charge is 2.41. The quantitative estimate of drug-likeness (QED) is 0.694. The topological polar surface area (TPSA) is 61.4 Å². The van der Waals surface area contributed by atoms with Gasteiger partial charge in [0, 0.05) is 37.3 Å². The summed E-state index contributed by atoms with van der Waals surface area (Å²) in [7, 11) is 1.80. The van der Waals surface area contributed by atoms with Gasteiger partial charge in [-0.3, -0.25) is 9.79 Å². The first-order valence-electron chi connectivity index (χ1n) is 9.95. The fourth-order valence-corrected chi connectivity index (χ4v) is 5.04. The van der Waals surface area contributed by atoms with Gasteiger partial charge in [-0.1, -0.05) is 12.1 Å². The molecule has 1 aliphatic carbocycles. The van der Waals surface area contributed by atoms with Crippen LogP contribution in [0.1, 0.15) is 51.4 Å². The van der Waals surface area contributed by atoms with Crippen molar-refractivity contribution >= 4 is 23.2 Å². The van der Waals surface area contributed by atoms with Gasteiger partial charge in [-0.2, -0.15) is 0 Å². The van der Waals surface area contributed by atoms with E-state index in [-0.39, 0.29) is 11.9 Å². The fraction of sp³-hybridized carbons (Fsp3) is 0.348. The van der Waals surface area contributed by atoms with E-state index >= 15 is 0 Å². The molecule has 0 radical (unpaired) electrons. The molecule has 3 aromatic rings. The van der Waals surface area contributed by atoms with Crippen LogP contribution in [0, 0.1) is 6.92 Å². The van der Waals surface area contributed by atoms with Gasteiger partial charge in [-0.05, 0) is 66.6 Å². The number of benzene rings is 2. The third-order valence-electron chi connectivity index (χ3n) is 6.28. The van der Waals surface area contributed by atoms with Crippen molar-refractivity contribution in [3.8, 4) is 0 Å². The SMILES string of the molecule is CN=Cc1ccc2c(c1)[C@H]1CCCN(C(=O)c3cc(C)c4nc[nH]c4c3)[C@H]1C2. The molecule has 28 heavy (non-hydrogen) atoms. The van der Waals surface area contributed by atoms with Crippen LogP contribution in [0.3, 0.4) is 0 Å². The van der Waals surface area contributed by atoms with Crippen LogP contribution in [0.4, 0.5) is 0 Å². The predicted octanol–water partition coefficient (Wildman–Crippen LogP) is 3.86. The van der Waals surface area contributed by atoms with E-state index in [4.69, 9.17) is 0 Å². The Labute approximate surface area is 164 Å². The van der Waals surface area contributed by atoms with Crippen LogP contribution in [-0.4, -0.2) is 46.6 Å². The number of piperidine rings is 1. The molecule has 142 valence electrons. The highest BCUT2D eigenvalue weighted by atomic mass is 16.2. The highest BCUT2D eigenvalue weighted by molar-refractivity contribution is 5.98. The number of aromatic amines is 1. The molecule has 2 aliphatic rings. The zero-order valence-electron chi connectivity index (χ0n) is 16.3. The van der Waals surface area contributed by atoms with Gasteiger partial charge in [-0.15, -0.1) is 0 Å². The molecule has 1 amide bonds. The van der Waals surface area contributed by atoms with Crippen molar-refractivity contribution < 1.29 is 4.79 Å². The van der Waals surface area contributed by atoms with Gasteiger partial charge >= 0.3 is 0 Å². The number of H-pyrrole nitrogens is 1. The lowest BCUT2D eigenvalue weighted by Crippen LogP contribution is -2.46. The first-order chi connectivity index (χ1) is 13.7. The van der Waals surface area contributed by atoms with Crippen molar-refractivity contribution in [2.24, 2.45) is 4.99 Å². The van der Waals surface area contributed by atoms with Gasteiger partial charge in [0.05, 0.1) is 17.4 Å². The molecule has 5 nitrogen and oxygen atoms in total. The van der Waals surface area contributed by atoms with E-state index in [0.29, 0.717) is 5.92 Å². The Morgan fingerprint density at radius 3 is 3.07 bits per heavy atom. The van der Waals surface area contributed by atoms with Crippen LogP contribution in [0.15, 0.2) is 41.7 Å². The van der Waals surface area contributed by atoms with Crippen LogP contribution in [-0.2, 0) is 6.42 Å². The average Bonchev–Trinajstić information content (AvgIpc) is 3.32. The van der Waals surface area contributed by atoms with Gasteiger partial charge in [-0.25, -0.2) is 4.98 Å². The first kappa shape index (κ1) is 17.2. The van der Waals surface area contributed by atoms with E-state index in [2.05, 4.69) is 38.1 Å². The van der Waals surface area contributed by atoms with E-state index in [9.17, 15) is 4.79 Å². The molecule has 1 aromatic heterocycles. The molecule has 1 aliphatic heterocycles. The summed E-state index contributed by atoms with van der Waals surface area (Å²) in [6.07, 6.45) is 6.73. The lowest BCUT2D eigenvalue weighted by molar-refractivity contribution is 0.0595. The second-order valence-electron chi connectivity index (χ2n) is 7.96. The van der Waals surface area contributed by atoms with Crippen LogP contribution in [0.5, 0.6) is 0 Å². The largest absolute Gasteiger partial charge is 0.345 e. The molecule has 0 bridgehead atoms. The second kappa shape index (κ2) is 6.59. The Kier molecular flexibility index (Phi) is 4.04. The molecule has 1 fully saturated rings. The number of aromatic nitrogens is 2. The summed E-state index contributed by atoms with van der Waals surface area (Å²) < 4.78 is 0. The van der Waals surface area contributed by atoms with Gasteiger partial charge in [0.25, 0.3) is 5.91 Å². The standard InChI is InChI=1S/C23H24N4O/c1-14-8-17(10-20-22(14)26-13-25-20)23(28)27-7-3-4-18-19-9-15(12-24-2)5-6-16(19)11-21(18)27/h5-6,8-10,12-13,18,21H,3-4,7,11H2,1-2H3,(H,25,26)/t18-,21+/m1/s1. The summed E-state index contributed by atoms with van der Waals surface area (Å²) >= 11 is 0. The van der Waals surface area contributed by atoms with Crippen molar-refractivity contribution in [2.75, 3.05) is 13.6 Å². The Balaban J connectivity index is 1.48. The number of carbonyl (C=O) groups is 1. The van der Waals surface area contributed by atoms with E-state index < -0.39 is 0 Å². The molecule has 1 saturated heterocycles. The summed E-state index contributed by atoms with van der Waals surface area (Å²) in [4.78, 5) is 27.2. The Morgan fingerprint density at radius 1 is 1.32 bits per heavy atom. The number of nitrogens with one attached hydrogen (secondary N) is 1. The Hall–Kier alpha value is -2.95. The third kappa shape index (κ3) is 2.65. The maximum atomic E-state index is 13.5. The number of aliphatic imine (C=N–C) groups is 1. The minimum atomic E-state index is 0.137. The molecule has 0 unspecified atom stereocenters. The van der Waals surface area contributed by atoms with Crippen LogP contribution >= 0.6 is 0 Å². The van der Waals surface area contributed by atoms with Crippen LogP contribution in [0.25, 0.3) is 11.0 Å². The number of nitrogens with zero attached hydrogens (tertiary/aromatic N) is 3. The van der Waals surface area contributed by atoms with E-state index in [0.717, 1.165) is 53.5 Å². The number of hydrogen-bond donors (Lipinski definition) is 1. The summed E-state index contributed by atoms with van der Waals surface area (Å²) in [5.74, 6) is 0.562. The highest BCUT2D eigenvalue weighted by Crippen LogP contribution is 2.43. The van der Waals surface area contributed by atoms with E-state index in [1.165, 1.54) is 11.1 Å². The lowest BCUT2D eigenvalue weighted by atomic mass is 9.87. The monoisotopic (exact) mass is 372 g/mol. The smallest absolute Gasteiger partial charge is 0.254 e. The first-order valence-corrected chi connectivity index (χ1v) is 9.95. The zero-order chi connectivity index (χ0) is 19.3. The fourth-order valence-electron chi connectivity index (χ4n) is 5.04. The minimum absolute atomic E-state index is 0.137. The van der Waals surface area contributed by atoms with E-state index in [1.807, 2.05) is 25.3 Å². The summed E-state index contributed by atoms with van der Waals surface area (Å²) in [5.41, 5.74) is 7.58. The molecule has 0 spiro atoms. The number of rotatable bonds is 2. The summed E-state index contributed by atoms with van der Waals surface area (Å²) in [6.45, 7) is 2.85. The van der Waals surface area contributed by atoms with Crippen molar-refractivity contribution in [3.63, 3.8) is 0 Å². The van der Waals surface area contributed by atoms with Crippen molar-refractivity contribution in [1.82, 2.24) is 14.9 Å². The number of aryl methyl sites for hydroxylation is 1. The van der Waals surface area contributed by atoms with Crippen LogP contribution in [0.2, 0.25) is 0 Å². The van der Waals surface area contributed by atoms with Crippen molar-refractivity contribution in [2.45, 2.75) is 38.1 Å². The number of hydrogen-bond acceptors (Lipinski definition) is 3. The molecule has 1 N–H and O–H groups in total. The van der Waals surface area contributed by atoms with E-state index in [1.54, 1.807) is 13.4 Å². The number of imidazole rings is 1. The van der Waals surface area contributed by atoms with Gasteiger partial charge in [0.15, 0.2) is 0 Å². The molecular formula is C23H24N4O.